The first-order chi connectivity index (χ1) is 9.67. The second-order valence-corrected chi connectivity index (χ2v) is 6.13. The van der Waals surface area contributed by atoms with Crippen LogP contribution in [-0.4, -0.2) is 6.04 Å². The van der Waals surface area contributed by atoms with Crippen LogP contribution in [-0.2, 0) is 6.42 Å². The summed E-state index contributed by atoms with van der Waals surface area (Å²) >= 11 is 3.52. The fourth-order valence-corrected chi connectivity index (χ4v) is 3.03. The number of hydrogen-bond donors (Lipinski definition) is 1. The van der Waals surface area contributed by atoms with E-state index in [1.165, 1.54) is 11.1 Å². The highest BCUT2D eigenvalue weighted by Crippen LogP contribution is 2.38. The molecule has 1 aliphatic heterocycles. The molecule has 20 heavy (non-hydrogen) atoms. The van der Waals surface area contributed by atoms with Gasteiger partial charge < -0.3 is 10.1 Å². The first kappa shape index (κ1) is 13.5. The van der Waals surface area contributed by atoms with Crippen molar-refractivity contribution in [3.8, 4) is 5.75 Å². The molecule has 104 valence electrons. The first-order valence-electron chi connectivity index (χ1n) is 6.99. The van der Waals surface area contributed by atoms with Crippen LogP contribution < -0.4 is 10.1 Å². The second-order valence-electron chi connectivity index (χ2n) is 5.21. The van der Waals surface area contributed by atoms with E-state index in [2.05, 4.69) is 65.4 Å². The monoisotopic (exact) mass is 331 g/mol. The third kappa shape index (κ3) is 2.55. The van der Waals surface area contributed by atoms with E-state index >= 15 is 0 Å². The van der Waals surface area contributed by atoms with E-state index in [-0.39, 0.29) is 12.1 Å². The first-order valence-corrected chi connectivity index (χ1v) is 7.78. The molecule has 0 radical (unpaired) electrons. The SMILES string of the molecule is CCc1ccc2c(c1)NC(C)C(c1cccc(Br)c1)O2. The van der Waals surface area contributed by atoms with Crippen molar-refractivity contribution in [2.24, 2.45) is 0 Å². The molecule has 2 atom stereocenters. The van der Waals surface area contributed by atoms with Crippen molar-refractivity contribution in [3.05, 3.63) is 58.1 Å². The number of benzene rings is 2. The molecule has 0 saturated carbocycles. The highest BCUT2D eigenvalue weighted by molar-refractivity contribution is 9.10. The van der Waals surface area contributed by atoms with Crippen molar-refractivity contribution in [3.63, 3.8) is 0 Å². The number of rotatable bonds is 2. The minimum absolute atomic E-state index is 0.0347. The van der Waals surface area contributed by atoms with Gasteiger partial charge in [-0.3, -0.25) is 0 Å². The fraction of sp³-hybridized carbons (Fsp3) is 0.294. The van der Waals surface area contributed by atoms with Crippen LogP contribution in [0.3, 0.4) is 0 Å². The van der Waals surface area contributed by atoms with E-state index in [0.717, 1.165) is 22.3 Å². The molecular weight excluding hydrogens is 314 g/mol. The van der Waals surface area contributed by atoms with E-state index in [0.29, 0.717) is 0 Å². The van der Waals surface area contributed by atoms with Crippen LogP contribution in [0.1, 0.15) is 31.1 Å². The molecule has 1 N–H and O–H groups in total. The molecule has 2 nitrogen and oxygen atoms in total. The van der Waals surface area contributed by atoms with E-state index in [1.807, 2.05) is 12.1 Å². The highest BCUT2D eigenvalue weighted by Gasteiger charge is 2.27. The minimum Gasteiger partial charge on any atom is -0.481 e. The number of halogens is 1. The zero-order chi connectivity index (χ0) is 14.1. The molecule has 2 aromatic carbocycles. The molecular formula is C17H18BrNO. The van der Waals surface area contributed by atoms with Gasteiger partial charge in [-0.1, -0.05) is 41.1 Å². The van der Waals surface area contributed by atoms with Crippen molar-refractivity contribution in [2.75, 3.05) is 5.32 Å². The standard InChI is InChI=1S/C17H18BrNO/c1-3-12-7-8-16-15(9-12)19-11(2)17(20-16)13-5-4-6-14(18)10-13/h4-11,17,19H,3H2,1-2H3. The zero-order valence-electron chi connectivity index (χ0n) is 11.7. The van der Waals surface area contributed by atoms with Gasteiger partial charge in [0.2, 0.25) is 0 Å². The van der Waals surface area contributed by atoms with E-state index in [9.17, 15) is 0 Å². The van der Waals surface area contributed by atoms with Crippen LogP contribution in [0.2, 0.25) is 0 Å². The lowest BCUT2D eigenvalue weighted by molar-refractivity contribution is 0.177. The molecule has 1 heterocycles. The maximum Gasteiger partial charge on any atom is 0.144 e. The number of ether oxygens (including phenoxy) is 1. The van der Waals surface area contributed by atoms with Crippen molar-refractivity contribution >= 4 is 21.6 Å². The molecule has 0 bridgehead atoms. The van der Waals surface area contributed by atoms with Gasteiger partial charge in [-0.25, -0.2) is 0 Å². The Hall–Kier alpha value is -1.48. The maximum atomic E-state index is 6.20. The van der Waals surface area contributed by atoms with Gasteiger partial charge in [-0.05, 0) is 48.7 Å². The number of fused-ring (bicyclic) bond motifs is 1. The Labute approximate surface area is 128 Å². The van der Waals surface area contributed by atoms with Crippen LogP contribution >= 0.6 is 15.9 Å². The van der Waals surface area contributed by atoms with E-state index < -0.39 is 0 Å². The summed E-state index contributed by atoms with van der Waals surface area (Å²) in [5, 5.41) is 3.56. The summed E-state index contributed by atoms with van der Waals surface area (Å²) in [6.07, 6.45) is 1.07. The van der Waals surface area contributed by atoms with Crippen LogP contribution in [0.5, 0.6) is 5.75 Å². The summed E-state index contributed by atoms with van der Waals surface area (Å²) < 4.78 is 7.28. The minimum atomic E-state index is 0.0347. The van der Waals surface area contributed by atoms with Gasteiger partial charge in [-0.15, -0.1) is 0 Å². The average molecular weight is 332 g/mol. The van der Waals surface area contributed by atoms with Gasteiger partial charge in [0.05, 0.1) is 11.7 Å². The topological polar surface area (TPSA) is 21.3 Å². The Morgan fingerprint density at radius 2 is 2.05 bits per heavy atom. The smallest absolute Gasteiger partial charge is 0.144 e. The lowest BCUT2D eigenvalue weighted by Gasteiger charge is -2.33. The van der Waals surface area contributed by atoms with Gasteiger partial charge in [0.1, 0.15) is 11.9 Å². The van der Waals surface area contributed by atoms with Crippen molar-refractivity contribution < 1.29 is 4.74 Å². The largest absolute Gasteiger partial charge is 0.481 e. The van der Waals surface area contributed by atoms with Crippen molar-refractivity contribution in [1.82, 2.24) is 0 Å². The highest BCUT2D eigenvalue weighted by atomic mass is 79.9. The molecule has 0 aliphatic carbocycles. The molecule has 3 rings (SSSR count). The summed E-state index contributed by atoms with van der Waals surface area (Å²) in [6.45, 7) is 4.33. The molecule has 0 fully saturated rings. The Morgan fingerprint density at radius 3 is 2.80 bits per heavy atom. The molecule has 0 saturated heterocycles. The Morgan fingerprint density at radius 1 is 1.20 bits per heavy atom. The van der Waals surface area contributed by atoms with Gasteiger partial charge >= 0.3 is 0 Å². The quantitative estimate of drug-likeness (QED) is 0.840. The summed E-state index contributed by atoms with van der Waals surface area (Å²) in [4.78, 5) is 0. The zero-order valence-corrected chi connectivity index (χ0v) is 13.3. The Bertz CT molecular complexity index is 626. The van der Waals surface area contributed by atoms with Crippen molar-refractivity contribution in [1.29, 1.82) is 0 Å². The molecule has 2 aromatic rings. The van der Waals surface area contributed by atoms with Gasteiger partial charge in [-0.2, -0.15) is 0 Å². The normalized spacial score (nSPS) is 20.8. The van der Waals surface area contributed by atoms with Crippen LogP contribution in [0.25, 0.3) is 0 Å². The van der Waals surface area contributed by atoms with Crippen LogP contribution in [0, 0.1) is 0 Å². The number of anilines is 1. The lowest BCUT2D eigenvalue weighted by Crippen LogP contribution is -2.32. The summed E-state index contributed by atoms with van der Waals surface area (Å²) in [7, 11) is 0. The second kappa shape index (κ2) is 5.49. The maximum absolute atomic E-state index is 6.20. The third-order valence-electron chi connectivity index (χ3n) is 3.72. The van der Waals surface area contributed by atoms with Gasteiger partial charge in [0, 0.05) is 4.47 Å². The summed E-state index contributed by atoms with van der Waals surface area (Å²) in [5.41, 5.74) is 3.61. The van der Waals surface area contributed by atoms with Crippen molar-refractivity contribution in [2.45, 2.75) is 32.4 Å². The van der Waals surface area contributed by atoms with Crippen LogP contribution in [0.4, 0.5) is 5.69 Å². The average Bonchev–Trinajstić information content (AvgIpc) is 2.46. The number of nitrogens with one attached hydrogen (secondary N) is 1. The van der Waals surface area contributed by atoms with Gasteiger partial charge in [0.15, 0.2) is 0 Å². The molecule has 1 aliphatic rings. The predicted molar refractivity (Wildman–Crippen MR) is 86.4 cm³/mol. The molecule has 0 spiro atoms. The molecule has 0 aromatic heterocycles. The Kier molecular flexibility index (Phi) is 3.70. The van der Waals surface area contributed by atoms with E-state index in [1.54, 1.807) is 0 Å². The lowest BCUT2D eigenvalue weighted by atomic mass is 10.0. The Balaban J connectivity index is 1.93. The number of aryl methyl sites for hydroxylation is 1. The summed E-state index contributed by atoms with van der Waals surface area (Å²) in [5.74, 6) is 0.935. The fourth-order valence-electron chi connectivity index (χ4n) is 2.61. The van der Waals surface area contributed by atoms with E-state index in [4.69, 9.17) is 4.74 Å². The number of hydrogen-bond acceptors (Lipinski definition) is 2. The van der Waals surface area contributed by atoms with Gasteiger partial charge in [0.25, 0.3) is 0 Å². The van der Waals surface area contributed by atoms with Crippen LogP contribution in [0.15, 0.2) is 46.9 Å². The molecule has 2 unspecified atom stereocenters. The third-order valence-corrected chi connectivity index (χ3v) is 4.21. The predicted octanol–water partition coefficient (Wildman–Crippen LogP) is 4.95. The molecule has 3 heteroatoms. The molecule has 0 amide bonds. The summed E-state index contributed by atoms with van der Waals surface area (Å²) in [6, 6.07) is 14.9.